The van der Waals surface area contributed by atoms with Crippen LogP contribution in [-0.4, -0.2) is 58.5 Å². The van der Waals surface area contributed by atoms with Crippen LogP contribution in [0.15, 0.2) is 23.1 Å². The minimum Gasteiger partial charge on any atom is -0.378 e. The minimum absolute atomic E-state index is 0. The number of halogens is 1. The Hall–Kier alpha value is -1.19. The van der Waals surface area contributed by atoms with E-state index >= 15 is 0 Å². The number of hydrogen-bond donors (Lipinski definition) is 2. The van der Waals surface area contributed by atoms with E-state index in [4.69, 9.17) is 4.74 Å². The molecule has 1 fully saturated rings. The first-order valence-corrected chi connectivity index (χ1v) is 8.89. The molecule has 9 heteroatoms. The fraction of sp³-hybridized carbons (Fsp3) is 0.533. The molecule has 1 heterocycles. The van der Waals surface area contributed by atoms with Crippen molar-refractivity contribution >= 4 is 34.0 Å². The lowest BCUT2D eigenvalue weighted by Crippen LogP contribution is -2.43. The first-order valence-electron chi connectivity index (χ1n) is 7.45. The monoisotopic (exact) mass is 377 g/mol. The Balaban J connectivity index is 0.00000288. The van der Waals surface area contributed by atoms with Crippen LogP contribution in [0.4, 0.5) is 5.69 Å². The van der Waals surface area contributed by atoms with Crippen molar-refractivity contribution in [2.45, 2.75) is 24.3 Å². The molecule has 1 aliphatic rings. The molecule has 1 aromatic rings. The average Bonchev–Trinajstić information content (AvgIpc) is 2.49. The highest BCUT2D eigenvalue weighted by atomic mass is 35.5. The van der Waals surface area contributed by atoms with Crippen molar-refractivity contribution in [3.8, 4) is 0 Å². The second-order valence-corrected chi connectivity index (χ2v) is 7.87. The van der Waals surface area contributed by atoms with Crippen LogP contribution in [0.3, 0.4) is 0 Å². The van der Waals surface area contributed by atoms with E-state index in [-0.39, 0.29) is 35.7 Å². The number of morpholine rings is 1. The van der Waals surface area contributed by atoms with Crippen LogP contribution < -0.4 is 10.6 Å². The molecule has 1 saturated heterocycles. The predicted octanol–water partition coefficient (Wildman–Crippen LogP) is 0.984. The summed E-state index contributed by atoms with van der Waals surface area (Å²) in [6.07, 6.45) is 0.281. The van der Waals surface area contributed by atoms with E-state index in [2.05, 4.69) is 10.6 Å². The number of carbonyl (C=O) groups is 1. The maximum absolute atomic E-state index is 12.3. The van der Waals surface area contributed by atoms with E-state index in [1.165, 1.54) is 20.2 Å². The van der Waals surface area contributed by atoms with Crippen molar-refractivity contribution in [3.63, 3.8) is 0 Å². The van der Waals surface area contributed by atoms with Crippen molar-refractivity contribution in [2.75, 3.05) is 39.2 Å². The third kappa shape index (κ3) is 5.15. The van der Waals surface area contributed by atoms with E-state index in [0.29, 0.717) is 24.5 Å². The smallest absolute Gasteiger partial charge is 0.242 e. The Bertz CT molecular complexity index is 673. The molecule has 0 bridgehead atoms. The SMILES string of the molecule is Cc1ccc(NC(=O)CC2COCCN2)cc1S(=O)(=O)N(C)C.Cl. The molecule has 1 unspecified atom stereocenters. The standard InChI is InChI=1S/C15H23N3O4S.ClH/c1-11-4-5-12(8-14(11)23(20,21)18(2)3)17-15(19)9-13-10-22-7-6-16-13;/h4-5,8,13,16H,6-7,9-10H2,1-3H3,(H,17,19);1H. The molecule has 0 aliphatic carbocycles. The van der Waals surface area contributed by atoms with Gasteiger partial charge < -0.3 is 15.4 Å². The van der Waals surface area contributed by atoms with Gasteiger partial charge in [0.1, 0.15) is 0 Å². The van der Waals surface area contributed by atoms with Crippen LogP contribution in [0.2, 0.25) is 0 Å². The Morgan fingerprint density at radius 2 is 2.12 bits per heavy atom. The lowest BCUT2D eigenvalue weighted by atomic mass is 10.2. The number of carbonyl (C=O) groups excluding carboxylic acids is 1. The number of hydrogen-bond acceptors (Lipinski definition) is 5. The van der Waals surface area contributed by atoms with Gasteiger partial charge in [-0.2, -0.15) is 0 Å². The van der Waals surface area contributed by atoms with E-state index in [9.17, 15) is 13.2 Å². The van der Waals surface area contributed by atoms with Crippen molar-refractivity contribution in [2.24, 2.45) is 0 Å². The molecule has 1 aliphatic heterocycles. The molecule has 7 nitrogen and oxygen atoms in total. The Kier molecular flexibility index (Phi) is 7.62. The van der Waals surface area contributed by atoms with Gasteiger partial charge in [-0.3, -0.25) is 4.79 Å². The lowest BCUT2D eigenvalue weighted by Gasteiger charge is -2.23. The van der Waals surface area contributed by atoms with E-state index in [1.54, 1.807) is 19.1 Å². The van der Waals surface area contributed by atoms with Crippen molar-refractivity contribution in [3.05, 3.63) is 23.8 Å². The van der Waals surface area contributed by atoms with E-state index in [1.807, 2.05) is 0 Å². The van der Waals surface area contributed by atoms with Crippen LogP contribution in [0.1, 0.15) is 12.0 Å². The van der Waals surface area contributed by atoms with Gasteiger partial charge in [0.15, 0.2) is 0 Å². The fourth-order valence-electron chi connectivity index (χ4n) is 2.34. The molecular weight excluding hydrogens is 354 g/mol. The molecule has 0 radical (unpaired) electrons. The van der Waals surface area contributed by atoms with Gasteiger partial charge in [-0.15, -0.1) is 12.4 Å². The van der Waals surface area contributed by atoms with Crippen LogP contribution in [0.25, 0.3) is 0 Å². The molecule has 136 valence electrons. The van der Waals surface area contributed by atoms with Gasteiger partial charge in [-0.1, -0.05) is 6.07 Å². The molecule has 2 rings (SSSR count). The number of nitrogens with zero attached hydrogens (tertiary/aromatic N) is 1. The van der Waals surface area contributed by atoms with Crippen LogP contribution in [0, 0.1) is 6.92 Å². The van der Waals surface area contributed by atoms with Gasteiger partial charge in [-0.05, 0) is 24.6 Å². The van der Waals surface area contributed by atoms with E-state index in [0.717, 1.165) is 10.8 Å². The molecule has 24 heavy (non-hydrogen) atoms. The van der Waals surface area contributed by atoms with Gasteiger partial charge in [-0.25, -0.2) is 12.7 Å². The summed E-state index contributed by atoms with van der Waals surface area (Å²) in [5.74, 6) is -0.176. The molecule has 0 spiro atoms. The number of anilines is 1. The van der Waals surface area contributed by atoms with Crippen molar-refractivity contribution in [1.29, 1.82) is 0 Å². The van der Waals surface area contributed by atoms with Gasteiger partial charge in [0, 0.05) is 38.8 Å². The third-order valence-corrected chi connectivity index (χ3v) is 5.62. The highest BCUT2D eigenvalue weighted by molar-refractivity contribution is 7.89. The summed E-state index contributed by atoms with van der Waals surface area (Å²) in [7, 11) is -0.582. The maximum atomic E-state index is 12.3. The summed E-state index contributed by atoms with van der Waals surface area (Å²) in [5.41, 5.74) is 1.11. The molecule has 1 atom stereocenters. The Morgan fingerprint density at radius 3 is 2.71 bits per heavy atom. The highest BCUT2D eigenvalue weighted by Gasteiger charge is 2.21. The number of ether oxygens (including phenoxy) is 1. The summed E-state index contributed by atoms with van der Waals surface area (Å²) in [5, 5.41) is 5.96. The zero-order valence-electron chi connectivity index (χ0n) is 14.0. The predicted molar refractivity (Wildman–Crippen MR) is 95.2 cm³/mol. The number of benzene rings is 1. The zero-order chi connectivity index (χ0) is 17.0. The first kappa shape index (κ1) is 20.9. The maximum Gasteiger partial charge on any atom is 0.242 e. The normalized spacial score (nSPS) is 18.1. The van der Waals surface area contributed by atoms with E-state index < -0.39 is 10.0 Å². The molecule has 0 saturated carbocycles. The number of sulfonamides is 1. The van der Waals surface area contributed by atoms with Crippen LogP contribution in [0.5, 0.6) is 0 Å². The minimum atomic E-state index is -3.54. The second-order valence-electron chi connectivity index (χ2n) is 5.75. The van der Waals surface area contributed by atoms with Gasteiger partial charge in [0.2, 0.25) is 15.9 Å². The summed E-state index contributed by atoms with van der Waals surface area (Å²) >= 11 is 0. The highest BCUT2D eigenvalue weighted by Crippen LogP contribution is 2.22. The summed E-state index contributed by atoms with van der Waals surface area (Å²) < 4.78 is 31.1. The fourth-order valence-corrected chi connectivity index (χ4v) is 3.48. The van der Waals surface area contributed by atoms with Gasteiger partial charge >= 0.3 is 0 Å². The molecule has 0 aromatic heterocycles. The molecule has 2 N–H and O–H groups in total. The number of amides is 1. The number of nitrogens with one attached hydrogen (secondary N) is 2. The topological polar surface area (TPSA) is 87.7 Å². The van der Waals surface area contributed by atoms with Crippen LogP contribution >= 0.6 is 12.4 Å². The summed E-state index contributed by atoms with van der Waals surface area (Å²) in [6, 6.07) is 4.87. The largest absolute Gasteiger partial charge is 0.378 e. The number of aryl methyl sites for hydroxylation is 1. The Morgan fingerprint density at radius 1 is 1.42 bits per heavy atom. The van der Waals surface area contributed by atoms with Crippen LogP contribution in [-0.2, 0) is 19.6 Å². The lowest BCUT2D eigenvalue weighted by molar-refractivity contribution is -0.117. The quantitative estimate of drug-likeness (QED) is 0.798. The average molecular weight is 378 g/mol. The van der Waals surface area contributed by atoms with Gasteiger partial charge in [0.05, 0.1) is 18.1 Å². The third-order valence-electron chi connectivity index (χ3n) is 3.66. The molecule has 1 amide bonds. The summed E-state index contributed by atoms with van der Waals surface area (Å²) in [4.78, 5) is 12.3. The summed E-state index contributed by atoms with van der Waals surface area (Å²) in [6.45, 7) is 3.61. The molecule has 1 aromatic carbocycles. The first-order chi connectivity index (χ1) is 10.8. The number of rotatable bonds is 5. The van der Waals surface area contributed by atoms with Crippen molar-refractivity contribution in [1.82, 2.24) is 9.62 Å². The van der Waals surface area contributed by atoms with Crippen molar-refractivity contribution < 1.29 is 17.9 Å². The molecular formula is C15H24ClN3O4S. The Labute approximate surface area is 149 Å². The second kappa shape index (κ2) is 8.77. The van der Waals surface area contributed by atoms with Gasteiger partial charge in [0.25, 0.3) is 0 Å². The zero-order valence-corrected chi connectivity index (χ0v) is 15.7.